The summed E-state index contributed by atoms with van der Waals surface area (Å²) in [7, 11) is 1.54. The third-order valence-corrected chi connectivity index (χ3v) is 5.55. The van der Waals surface area contributed by atoms with Crippen molar-refractivity contribution in [2.45, 2.75) is 26.4 Å². The Bertz CT molecular complexity index is 830. The fourth-order valence-electron chi connectivity index (χ4n) is 3.67. The van der Waals surface area contributed by atoms with E-state index < -0.39 is 6.10 Å². The van der Waals surface area contributed by atoms with E-state index >= 15 is 0 Å². The van der Waals surface area contributed by atoms with Gasteiger partial charge in [-0.1, -0.05) is 19.1 Å². The van der Waals surface area contributed by atoms with Gasteiger partial charge < -0.3 is 19.5 Å². The zero-order chi connectivity index (χ0) is 21.5. The van der Waals surface area contributed by atoms with Gasteiger partial charge in [-0.2, -0.15) is 0 Å². The van der Waals surface area contributed by atoms with Crippen molar-refractivity contribution in [2.75, 3.05) is 51.3 Å². The summed E-state index contributed by atoms with van der Waals surface area (Å²) in [6.07, 6.45) is 0.457. The molecule has 0 spiro atoms. The molecule has 2 aromatic carbocycles. The molecule has 1 aliphatic rings. The topological polar surface area (TPSA) is 62.2 Å². The number of aliphatic hydroxyl groups is 1. The van der Waals surface area contributed by atoms with Crippen LogP contribution in [0.4, 0.5) is 5.69 Å². The standard InChI is InChI=1S/C24H32N2O4/c1-4-19-5-8-21(9-6-19)26-13-11-25(12-14-26)16-22(28)17-30-23-10-7-20(18(2)27)15-24(23)29-3/h5-10,15,22,28H,4,11-14,16-17H2,1-3H3/t22-/m0/s1. The number of piperazine rings is 1. The van der Waals surface area contributed by atoms with Gasteiger partial charge in [0.1, 0.15) is 12.7 Å². The third-order valence-electron chi connectivity index (χ3n) is 5.55. The predicted molar refractivity (Wildman–Crippen MR) is 119 cm³/mol. The molecule has 0 saturated carbocycles. The predicted octanol–water partition coefficient (Wildman–Crippen LogP) is 3.02. The minimum Gasteiger partial charge on any atom is -0.493 e. The first-order valence-corrected chi connectivity index (χ1v) is 10.6. The van der Waals surface area contributed by atoms with Crippen molar-refractivity contribution >= 4 is 11.5 Å². The molecular weight excluding hydrogens is 380 g/mol. The second-order valence-corrected chi connectivity index (χ2v) is 7.69. The highest BCUT2D eigenvalue weighted by Crippen LogP contribution is 2.28. The number of methoxy groups -OCH3 is 1. The molecule has 3 rings (SSSR count). The second-order valence-electron chi connectivity index (χ2n) is 7.69. The molecule has 1 atom stereocenters. The van der Waals surface area contributed by atoms with Crippen molar-refractivity contribution in [3.63, 3.8) is 0 Å². The molecule has 162 valence electrons. The fourth-order valence-corrected chi connectivity index (χ4v) is 3.67. The second kappa shape index (κ2) is 10.5. The number of benzene rings is 2. The van der Waals surface area contributed by atoms with E-state index in [1.54, 1.807) is 18.2 Å². The Morgan fingerprint density at radius 1 is 1.07 bits per heavy atom. The van der Waals surface area contributed by atoms with Crippen LogP contribution in [0.15, 0.2) is 42.5 Å². The van der Waals surface area contributed by atoms with E-state index in [9.17, 15) is 9.90 Å². The number of carbonyl (C=O) groups excluding carboxylic acids is 1. The molecule has 0 unspecified atom stereocenters. The number of aryl methyl sites for hydroxylation is 1. The molecule has 0 aliphatic carbocycles. The molecule has 0 amide bonds. The molecule has 6 nitrogen and oxygen atoms in total. The van der Waals surface area contributed by atoms with Crippen LogP contribution in [0.25, 0.3) is 0 Å². The minimum atomic E-state index is -0.599. The van der Waals surface area contributed by atoms with Crippen LogP contribution in [-0.4, -0.2) is 68.3 Å². The molecule has 1 saturated heterocycles. The molecule has 1 N–H and O–H groups in total. The van der Waals surface area contributed by atoms with E-state index in [0.29, 0.717) is 23.6 Å². The first-order chi connectivity index (χ1) is 14.5. The Morgan fingerprint density at radius 3 is 2.37 bits per heavy atom. The lowest BCUT2D eigenvalue weighted by molar-refractivity contribution is 0.0653. The van der Waals surface area contributed by atoms with Gasteiger partial charge in [0.2, 0.25) is 0 Å². The summed E-state index contributed by atoms with van der Waals surface area (Å²) in [6.45, 7) is 8.12. The summed E-state index contributed by atoms with van der Waals surface area (Å²) < 4.78 is 11.1. The van der Waals surface area contributed by atoms with E-state index in [1.165, 1.54) is 25.3 Å². The van der Waals surface area contributed by atoms with Crippen molar-refractivity contribution in [1.29, 1.82) is 0 Å². The van der Waals surface area contributed by atoms with Crippen LogP contribution in [0.1, 0.15) is 29.8 Å². The highest BCUT2D eigenvalue weighted by molar-refractivity contribution is 5.94. The Labute approximate surface area is 179 Å². The van der Waals surface area contributed by atoms with Gasteiger partial charge >= 0.3 is 0 Å². The molecular formula is C24H32N2O4. The number of β-amino-alcohol motifs (C(OH)–C–C–N with tert-alkyl or cyclic N) is 1. The number of hydrogen-bond donors (Lipinski definition) is 1. The third kappa shape index (κ3) is 5.74. The van der Waals surface area contributed by atoms with Crippen molar-refractivity contribution in [2.24, 2.45) is 0 Å². The van der Waals surface area contributed by atoms with Crippen molar-refractivity contribution in [3.8, 4) is 11.5 Å². The zero-order valence-electron chi connectivity index (χ0n) is 18.1. The average Bonchev–Trinajstić information content (AvgIpc) is 2.78. The van der Waals surface area contributed by atoms with Crippen molar-refractivity contribution in [3.05, 3.63) is 53.6 Å². The lowest BCUT2D eigenvalue weighted by Gasteiger charge is -2.37. The summed E-state index contributed by atoms with van der Waals surface area (Å²) in [6, 6.07) is 13.9. The number of Topliss-reactive ketones (excluding diaryl/α,β-unsaturated/α-hetero) is 1. The Morgan fingerprint density at radius 2 is 1.77 bits per heavy atom. The van der Waals surface area contributed by atoms with Gasteiger partial charge in [-0.15, -0.1) is 0 Å². The summed E-state index contributed by atoms with van der Waals surface area (Å²) in [5, 5.41) is 10.4. The Balaban J connectivity index is 1.46. The number of ether oxygens (including phenoxy) is 2. The van der Waals surface area contributed by atoms with Crippen LogP contribution >= 0.6 is 0 Å². The number of aliphatic hydroxyl groups excluding tert-OH is 1. The molecule has 0 aromatic heterocycles. The lowest BCUT2D eigenvalue weighted by atomic mass is 10.1. The van der Waals surface area contributed by atoms with Crippen LogP contribution < -0.4 is 14.4 Å². The zero-order valence-corrected chi connectivity index (χ0v) is 18.1. The maximum Gasteiger partial charge on any atom is 0.161 e. The summed E-state index contributed by atoms with van der Waals surface area (Å²) in [5.41, 5.74) is 3.19. The van der Waals surface area contributed by atoms with Gasteiger partial charge in [0.05, 0.1) is 7.11 Å². The number of anilines is 1. The van der Waals surface area contributed by atoms with Gasteiger partial charge in [0, 0.05) is 44.0 Å². The van der Waals surface area contributed by atoms with E-state index in [-0.39, 0.29) is 12.4 Å². The lowest BCUT2D eigenvalue weighted by Crippen LogP contribution is -2.49. The van der Waals surface area contributed by atoms with Crippen LogP contribution in [0.3, 0.4) is 0 Å². The highest BCUT2D eigenvalue weighted by Gasteiger charge is 2.20. The van der Waals surface area contributed by atoms with Gasteiger partial charge in [0.15, 0.2) is 17.3 Å². The van der Waals surface area contributed by atoms with Gasteiger partial charge in [-0.05, 0) is 49.2 Å². The number of ketones is 1. The van der Waals surface area contributed by atoms with Gasteiger partial charge in [-0.3, -0.25) is 9.69 Å². The first kappa shape index (κ1) is 22.1. The molecule has 1 heterocycles. The fraction of sp³-hybridized carbons (Fsp3) is 0.458. The number of carbonyl (C=O) groups is 1. The monoisotopic (exact) mass is 412 g/mol. The van der Waals surface area contributed by atoms with E-state index in [4.69, 9.17) is 9.47 Å². The molecule has 0 bridgehead atoms. The van der Waals surface area contributed by atoms with E-state index in [0.717, 1.165) is 32.6 Å². The van der Waals surface area contributed by atoms with Gasteiger partial charge in [0.25, 0.3) is 0 Å². The van der Waals surface area contributed by atoms with Crippen molar-refractivity contribution < 1.29 is 19.4 Å². The van der Waals surface area contributed by atoms with Gasteiger partial charge in [-0.25, -0.2) is 0 Å². The smallest absolute Gasteiger partial charge is 0.161 e. The quantitative estimate of drug-likeness (QED) is 0.639. The van der Waals surface area contributed by atoms with Crippen LogP contribution in [0.5, 0.6) is 11.5 Å². The molecule has 30 heavy (non-hydrogen) atoms. The maximum atomic E-state index is 11.5. The molecule has 1 aliphatic heterocycles. The summed E-state index contributed by atoms with van der Waals surface area (Å²) in [4.78, 5) is 16.2. The van der Waals surface area contributed by atoms with Crippen LogP contribution in [-0.2, 0) is 6.42 Å². The number of hydrogen-bond acceptors (Lipinski definition) is 6. The first-order valence-electron chi connectivity index (χ1n) is 10.6. The maximum absolute atomic E-state index is 11.5. The highest BCUT2D eigenvalue weighted by atomic mass is 16.5. The average molecular weight is 413 g/mol. The number of rotatable bonds is 9. The Kier molecular flexibility index (Phi) is 7.71. The molecule has 0 radical (unpaired) electrons. The molecule has 2 aromatic rings. The summed E-state index contributed by atoms with van der Waals surface area (Å²) >= 11 is 0. The van der Waals surface area contributed by atoms with E-state index in [2.05, 4.69) is 41.0 Å². The molecule has 1 fully saturated rings. The number of nitrogens with zero attached hydrogens (tertiary/aromatic N) is 2. The normalized spacial score (nSPS) is 15.7. The van der Waals surface area contributed by atoms with Crippen LogP contribution in [0.2, 0.25) is 0 Å². The van der Waals surface area contributed by atoms with Crippen LogP contribution in [0, 0.1) is 0 Å². The molecule has 6 heteroatoms. The summed E-state index contributed by atoms with van der Waals surface area (Å²) in [5.74, 6) is 1.000. The largest absolute Gasteiger partial charge is 0.493 e. The minimum absolute atomic E-state index is 0.0275. The van der Waals surface area contributed by atoms with E-state index in [1.807, 2.05) is 0 Å². The van der Waals surface area contributed by atoms with Crippen molar-refractivity contribution in [1.82, 2.24) is 4.90 Å². The Hall–Kier alpha value is -2.57. The SMILES string of the molecule is CCc1ccc(N2CCN(C[C@H](O)COc3ccc(C(C)=O)cc3OC)CC2)cc1.